The van der Waals surface area contributed by atoms with Gasteiger partial charge in [0.05, 0.1) is 6.04 Å². The molecule has 2 rings (SSSR count). The van der Waals surface area contributed by atoms with E-state index in [0.717, 1.165) is 12.0 Å². The molecule has 6 heteroatoms. The molecular weight excluding hydrogens is 288 g/mol. The molecule has 21 heavy (non-hydrogen) atoms. The van der Waals surface area contributed by atoms with Crippen LogP contribution in [0, 0.1) is 19.8 Å². The van der Waals surface area contributed by atoms with Crippen molar-refractivity contribution in [2.75, 3.05) is 13.1 Å². The average Bonchev–Trinajstić information content (AvgIpc) is 2.95. The number of carbonyl (C=O) groups is 2. The predicted octanol–water partition coefficient (Wildman–Crippen LogP) is 2.93. The highest BCUT2D eigenvalue weighted by atomic mass is 32.1. The smallest absolute Gasteiger partial charge is 0.317 e. The lowest BCUT2D eigenvalue weighted by molar-refractivity contribution is -0.138. The second kappa shape index (κ2) is 6.47. The number of urea groups is 1. The molecule has 2 N–H and O–H groups in total. The van der Waals surface area contributed by atoms with Crippen molar-refractivity contribution < 1.29 is 14.7 Å². The van der Waals surface area contributed by atoms with Crippen LogP contribution in [-0.4, -0.2) is 35.1 Å². The third-order valence-electron chi connectivity index (χ3n) is 3.92. The number of carboxylic acids is 1. The number of thiophene rings is 1. The molecule has 0 aliphatic carbocycles. The van der Waals surface area contributed by atoms with Crippen molar-refractivity contribution in [3.05, 3.63) is 21.4 Å². The van der Waals surface area contributed by atoms with Crippen LogP contribution >= 0.6 is 11.3 Å². The minimum atomic E-state index is -0.792. The topological polar surface area (TPSA) is 69.6 Å². The van der Waals surface area contributed by atoms with E-state index in [0.29, 0.717) is 13.1 Å². The molecule has 2 amide bonds. The van der Waals surface area contributed by atoms with Crippen LogP contribution in [0.25, 0.3) is 0 Å². The Balaban J connectivity index is 1.90. The summed E-state index contributed by atoms with van der Waals surface area (Å²) >= 11 is 1.73. The highest BCUT2D eigenvalue weighted by molar-refractivity contribution is 7.12. The zero-order valence-electron chi connectivity index (χ0n) is 12.7. The van der Waals surface area contributed by atoms with Gasteiger partial charge in [0.2, 0.25) is 0 Å². The van der Waals surface area contributed by atoms with Crippen LogP contribution in [0.1, 0.15) is 41.1 Å². The normalized spacial score (nSPS) is 19.6. The largest absolute Gasteiger partial charge is 0.481 e. The number of aliphatic carboxylic acids is 1. The number of nitrogens with zero attached hydrogens (tertiary/aromatic N) is 1. The Morgan fingerprint density at radius 3 is 2.81 bits per heavy atom. The Kier molecular flexibility index (Phi) is 4.88. The van der Waals surface area contributed by atoms with Gasteiger partial charge in [0.1, 0.15) is 0 Å². The molecule has 116 valence electrons. The number of rotatable bonds is 4. The molecule has 1 saturated heterocycles. The maximum atomic E-state index is 12.2. The zero-order valence-corrected chi connectivity index (χ0v) is 13.5. The maximum Gasteiger partial charge on any atom is 0.317 e. The molecule has 0 saturated carbocycles. The second-order valence-corrected chi connectivity index (χ2v) is 7.20. The summed E-state index contributed by atoms with van der Waals surface area (Å²) in [6, 6.07) is 1.99. The third kappa shape index (κ3) is 3.97. The summed E-state index contributed by atoms with van der Waals surface area (Å²) in [5.74, 6) is -0.714. The Labute approximate surface area is 129 Å². The van der Waals surface area contributed by atoms with Crippen LogP contribution in [0.15, 0.2) is 6.07 Å². The first-order valence-corrected chi connectivity index (χ1v) is 8.02. The van der Waals surface area contributed by atoms with Gasteiger partial charge < -0.3 is 15.3 Å². The first-order valence-electron chi connectivity index (χ1n) is 7.21. The molecular formula is C15H22N2O3S. The van der Waals surface area contributed by atoms with Gasteiger partial charge in [-0.3, -0.25) is 4.79 Å². The molecule has 1 fully saturated rings. The van der Waals surface area contributed by atoms with E-state index in [1.165, 1.54) is 9.75 Å². The fourth-order valence-electron chi connectivity index (χ4n) is 2.87. The van der Waals surface area contributed by atoms with Crippen LogP contribution in [0.4, 0.5) is 4.79 Å². The van der Waals surface area contributed by atoms with E-state index in [9.17, 15) is 9.59 Å². The molecule has 5 nitrogen and oxygen atoms in total. The summed E-state index contributed by atoms with van der Waals surface area (Å²) in [5, 5.41) is 11.8. The quantitative estimate of drug-likeness (QED) is 0.898. The van der Waals surface area contributed by atoms with Crippen molar-refractivity contribution in [2.24, 2.45) is 5.92 Å². The number of carboxylic acid groups (broad SMARTS) is 1. The minimum absolute atomic E-state index is 0.0269. The van der Waals surface area contributed by atoms with Crippen molar-refractivity contribution >= 4 is 23.3 Å². The number of aryl methyl sites for hydroxylation is 2. The van der Waals surface area contributed by atoms with Gasteiger partial charge in [-0.25, -0.2) is 4.79 Å². The van der Waals surface area contributed by atoms with Crippen molar-refractivity contribution in [3.63, 3.8) is 0 Å². The standard InChI is InChI=1S/C15H22N2O3S/c1-9-6-13(11(3)21-9)10(2)16-15(20)17-5-4-12(8-17)7-14(18)19/h6,10,12H,4-5,7-8H2,1-3H3,(H,16,20)(H,18,19). The zero-order chi connectivity index (χ0) is 15.6. The summed E-state index contributed by atoms with van der Waals surface area (Å²) in [7, 11) is 0. The summed E-state index contributed by atoms with van der Waals surface area (Å²) in [4.78, 5) is 27.2. The van der Waals surface area contributed by atoms with Gasteiger partial charge in [-0.2, -0.15) is 0 Å². The number of hydrogen-bond donors (Lipinski definition) is 2. The van der Waals surface area contributed by atoms with E-state index in [1.807, 2.05) is 6.92 Å². The van der Waals surface area contributed by atoms with Crippen molar-refractivity contribution in [1.82, 2.24) is 10.2 Å². The predicted molar refractivity (Wildman–Crippen MR) is 82.7 cm³/mol. The Morgan fingerprint density at radius 1 is 1.52 bits per heavy atom. The van der Waals surface area contributed by atoms with Gasteiger partial charge in [-0.05, 0) is 44.7 Å². The van der Waals surface area contributed by atoms with E-state index in [4.69, 9.17) is 5.11 Å². The minimum Gasteiger partial charge on any atom is -0.481 e. The SMILES string of the molecule is Cc1cc(C(C)NC(=O)N2CCC(CC(=O)O)C2)c(C)s1. The molecule has 1 aromatic heterocycles. The first kappa shape index (κ1) is 15.8. The molecule has 1 aliphatic rings. The maximum absolute atomic E-state index is 12.2. The van der Waals surface area contributed by atoms with Gasteiger partial charge in [-0.1, -0.05) is 0 Å². The molecule has 2 unspecified atom stereocenters. The van der Waals surface area contributed by atoms with E-state index >= 15 is 0 Å². The second-order valence-electron chi connectivity index (χ2n) is 5.74. The van der Waals surface area contributed by atoms with Crippen LogP contribution in [0.2, 0.25) is 0 Å². The molecule has 0 aromatic carbocycles. The summed E-state index contributed by atoms with van der Waals surface area (Å²) in [6.45, 7) is 7.28. The van der Waals surface area contributed by atoms with E-state index in [1.54, 1.807) is 16.2 Å². The Morgan fingerprint density at radius 2 is 2.24 bits per heavy atom. The van der Waals surface area contributed by atoms with Gasteiger partial charge >= 0.3 is 12.0 Å². The number of hydrogen-bond acceptors (Lipinski definition) is 3. The van der Waals surface area contributed by atoms with Crippen LogP contribution in [0.3, 0.4) is 0 Å². The number of likely N-dealkylation sites (tertiary alicyclic amines) is 1. The number of carbonyl (C=O) groups excluding carboxylic acids is 1. The lowest BCUT2D eigenvalue weighted by Gasteiger charge is -2.21. The fourth-order valence-corrected chi connectivity index (χ4v) is 3.89. The van der Waals surface area contributed by atoms with Crippen LogP contribution in [0.5, 0.6) is 0 Å². The van der Waals surface area contributed by atoms with Crippen LogP contribution in [-0.2, 0) is 4.79 Å². The number of amides is 2. The first-order chi connectivity index (χ1) is 9.86. The summed E-state index contributed by atoms with van der Waals surface area (Å²) in [5.41, 5.74) is 1.16. The molecule has 0 spiro atoms. The van der Waals surface area contributed by atoms with E-state index in [2.05, 4.69) is 25.2 Å². The van der Waals surface area contributed by atoms with Gasteiger partial charge in [-0.15, -0.1) is 11.3 Å². The van der Waals surface area contributed by atoms with Crippen molar-refractivity contribution in [3.8, 4) is 0 Å². The van der Waals surface area contributed by atoms with Crippen molar-refractivity contribution in [1.29, 1.82) is 0 Å². The summed E-state index contributed by atoms with van der Waals surface area (Å²) < 4.78 is 0. The molecule has 0 bridgehead atoms. The van der Waals surface area contributed by atoms with Gasteiger partial charge in [0, 0.05) is 29.3 Å². The average molecular weight is 310 g/mol. The molecule has 2 heterocycles. The van der Waals surface area contributed by atoms with Crippen LogP contribution < -0.4 is 5.32 Å². The summed E-state index contributed by atoms with van der Waals surface area (Å²) in [6.07, 6.45) is 0.910. The third-order valence-corrected chi connectivity index (χ3v) is 4.90. The van der Waals surface area contributed by atoms with E-state index in [-0.39, 0.29) is 24.4 Å². The monoisotopic (exact) mass is 310 g/mol. The lowest BCUT2D eigenvalue weighted by Crippen LogP contribution is -2.39. The molecule has 2 atom stereocenters. The fraction of sp³-hybridized carbons (Fsp3) is 0.600. The van der Waals surface area contributed by atoms with E-state index < -0.39 is 5.97 Å². The Bertz CT molecular complexity index is 541. The highest BCUT2D eigenvalue weighted by Gasteiger charge is 2.28. The molecule has 1 aliphatic heterocycles. The van der Waals surface area contributed by atoms with Gasteiger partial charge in [0.15, 0.2) is 0 Å². The molecule has 0 radical (unpaired) electrons. The van der Waals surface area contributed by atoms with Gasteiger partial charge in [0.25, 0.3) is 0 Å². The number of nitrogens with one attached hydrogen (secondary N) is 1. The molecule has 1 aromatic rings. The lowest BCUT2D eigenvalue weighted by atomic mass is 10.1. The highest BCUT2D eigenvalue weighted by Crippen LogP contribution is 2.27. The van der Waals surface area contributed by atoms with Crippen molar-refractivity contribution in [2.45, 2.75) is 39.7 Å². The Hall–Kier alpha value is -1.56.